The highest BCUT2D eigenvalue weighted by Crippen LogP contribution is 2.38. The molecule has 1 fully saturated rings. The number of likely N-dealkylation sites (N-methyl/N-ethyl adjacent to an activating group) is 1. The van der Waals surface area contributed by atoms with Crippen LogP contribution >= 0.6 is 0 Å². The van der Waals surface area contributed by atoms with Gasteiger partial charge in [-0.05, 0) is 19.2 Å². The molecule has 9 nitrogen and oxygen atoms in total. The summed E-state index contributed by atoms with van der Waals surface area (Å²) >= 11 is 0. The molecule has 0 bridgehead atoms. The van der Waals surface area contributed by atoms with Crippen molar-refractivity contribution in [1.29, 1.82) is 0 Å². The summed E-state index contributed by atoms with van der Waals surface area (Å²) in [5.41, 5.74) is 4.74. The van der Waals surface area contributed by atoms with Crippen molar-refractivity contribution in [3.8, 4) is 0 Å². The van der Waals surface area contributed by atoms with Crippen LogP contribution in [0, 0.1) is 0 Å². The molecule has 3 N–H and O–H groups in total. The van der Waals surface area contributed by atoms with Gasteiger partial charge in [-0.2, -0.15) is 5.10 Å². The molecule has 0 radical (unpaired) electrons. The lowest BCUT2D eigenvalue weighted by atomic mass is 10.1. The summed E-state index contributed by atoms with van der Waals surface area (Å²) in [4.78, 5) is 24.3. The SMILES string of the molecule is CN1CCN(CCNC(=O)c2n[nH]c3c4c(cnc23)N(c2ccccc2)CCN4)CC1. The Morgan fingerprint density at radius 2 is 1.94 bits per heavy atom. The first-order chi connectivity index (χ1) is 15.2. The van der Waals surface area contributed by atoms with Gasteiger partial charge in [0.2, 0.25) is 0 Å². The van der Waals surface area contributed by atoms with E-state index in [2.05, 4.69) is 59.7 Å². The number of carbonyl (C=O) groups is 1. The summed E-state index contributed by atoms with van der Waals surface area (Å²) < 4.78 is 0. The number of piperazine rings is 1. The van der Waals surface area contributed by atoms with E-state index in [4.69, 9.17) is 0 Å². The number of carbonyl (C=O) groups excluding carboxylic acids is 1. The van der Waals surface area contributed by atoms with Crippen LogP contribution in [0.4, 0.5) is 17.1 Å². The summed E-state index contributed by atoms with van der Waals surface area (Å²) in [7, 11) is 2.14. The molecule has 0 spiro atoms. The van der Waals surface area contributed by atoms with Gasteiger partial charge >= 0.3 is 0 Å². The van der Waals surface area contributed by atoms with E-state index in [0.717, 1.165) is 68.4 Å². The second kappa shape index (κ2) is 8.52. The maximum Gasteiger partial charge on any atom is 0.274 e. The molecule has 0 saturated carbocycles. The smallest absolute Gasteiger partial charge is 0.274 e. The van der Waals surface area contributed by atoms with Crippen molar-refractivity contribution >= 4 is 34.0 Å². The molecule has 31 heavy (non-hydrogen) atoms. The Morgan fingerprint density at radius 1 is 1.13 bits per heavy atom. The number of benzene rings is 1. The van der Waals surface area contributed by atoms with Crippen molar-refractivity contribution in [3.63, 3.8) is 0 Å². The normalized spacial score (nSPS) is 17.4. The Morgan fingerprint density at radius 3 is 2.74 bits per heavy atom. The van der Waals surface area contributed by atoms with Gasteiger partial charge in [0.15, 0.2) is 5.69 Å². The van der Waals surface area contributed by atoms with E-state index in [-0.39, 0.29) is 5.91 Å². The van der Waals surface area contributed by atoms with Gasteiger partial charge < -0.3 is 20.4 Å². The van der Waals surface area contributed by atoms with Crippen LogP contribution in [0.15, 0.2) is 36.5 Å². The highest BCUT2D eigenvalue weighted by Gasteiger charge is 2.25. The van der Waals surface area contributed by atoms with Crippen LogP contribution in [0.2, 0.25) is 0 Å². The molecule has 1 saturated heterocycles. The maximum atomic E-state index is 12.8. The first-order valence-corrected chi connectivity index (χ1v) is 10.8. The monoisotopic (exact) mass is 420 g/mol. The lowest BCUT2D eigenvalue weighted by Gasteiger charge is -2.32. The molecule has 0 atom stereocenters. The second-order valence-electron chi connectivity index (χ2n) is 8.13. The fraction of sp³-hybridized carbons (Fsp3) is 0.409. The average Bonchev–Trinajstić information content (AvgIpc) is 3.25. The van der Waals surface area contributed by atoms with Gasteiger partial charge in [-0.15, -0.1) is 0 Å². The van der Waals surface area contributed by atoms with Gasteiger partial charge in [-0.25, -0.2) is 4.98 Å². The number of anilines is 3. The molecule has 4 heterocycles. The largest absolute Gasteiger partial charge is 0.380 e. The summed E-state index contributed by atoms with van der Waals surface area (Å²) in [5.74, 6) is -0.191. The highest BCUT2D eigenvalue weighted by molar-refractivity contribution is 6.08. The number of H-pyrrole nitrogens is 1. The van der Waals surface area contributed by atoms with Gasteiger partial charge in [0.25, 0.3) is 5.91 Å². The van der Waals surface area contributed by atoms with E-state index in [1.165, 1.54) is 0 Å². The number of fused-ring (bicyclic) bond motifs is 3. The molecule has 2 aromatic heterocycles. The van der Waals surface area contributed by atoms with E-state index >= 15 is 0 Å². The Kier molecular flexibility index (Phi) is 5.44. The number of rotatable bonds is 5. The molecule has 1 amide bonds. The quantitative estimate of drug-likeness (QED) is 0.576. The minimum absolute atomic E-state index is 0.191. The molecular weight excluding hydrogens is 392 g/mol. The second-order valence-corrected chi connectivity index (χ2v) is 8.13. The minimum atomic E-state index is -0.191. The van der Waals surface area contributed by atoms with Crippen molar-refractivity contribution in [2.75, 3.05) is 69.6 Å². The van der Waals surface area contributed by atoms with E-state index in [1.54, 1.807) is 0 Å². The first-order valence-electron chi connectivity index (χ1n) is 10.8. The van der Waals surface area contributed by atoms with Gasteiger partial charge in [0.05, 0.1) is 17.6 Å². The van der Waals surface area contributed by atoms with Crippen LogP contribution in [-0.4, -0.2) is 90.3 Å². The third kappa shape index (κ3) is 3.94. The molecule has 162 valence electrons. The minimum Gasteiger partial charge on any atom is -0.380 e. The standard InChI is InChI=1S/C22H28N8O/c1-28-11-13-29(14-12-28)9-7-24-22(31)21-19-20(26-27-21)18-17(15-25-19)30(10-8-23-18)16-5-3-2-4-6-16/h2-6,15,23H,7-14H2,1H3,(H,24,31)(H,26,27). The van der Waals surface area contributed by atoms with Crippen molar-refractivity contribution in [1.82, 2.24) is 30.3 Å². The number of para-hydroxylation sites is 1. The van der Waals surface area contributed by atoms with Gasteiger partial charge in [0, 0.05) is 58.0 Å². The maximum absolute atomic E-state index is 12.8. The zero-order valence-electron chi connectivity index (χ0n) is 17.8. The first kappa shape index (κ1) is 19.8. The lowest BCUT2D eigenvalue weighted by Crippen LogP contribution is -2.46. The number of nitrogens with zero attached hydrogens (tertiary/aromatic N) is 5. The third-order valence-electron chi connectivity index (χ3n) is 6.08. The van der Waals surface area contributed by atoms with Crippen LogP contribution in [0.1, 0.15) is 10.5 Å². The lowest BCUT2D eigenvalue weighted by molar-refractivity contribution is 0.0937. The topological polar surface area (TPSA) is 92.4 Å². The Labute approximate surface area is 181 Å². The van der Waals surface area contributed by atoms with E-state index in [9.17, 15) is 4.79 Å². The number of aromatic amines is 1. The van der Waals surface area contributed by atoms with Crippen LogP contribution < -0.4 is 15.5 Å². The number of hydrogen-bond acceptors (Lipinski definition) is 7. The predicted molar refractivity (Wildman–Crippen MR) is 122 cm³/mol. The van der Waals surface area contributed by atoms with Crippen LogP contribution in [0.5, 0.6) is 0 Å². The number of aromatic nitrogens is 3. The average molecular weight is 421 g/mol. The molecule has 9 heteroatoms. The molecule has 0 aliphatic carbocycles. The number of amides is 1. The summed E-state index contributed by atoms with van der Waals surface area (Å²) in [6, 6.07) is 10.3. The zero-order chi connectivity index (χ0) is 21.2. The van der Waals surface area contributed by atoms with Crippen LogP contribution in [-0.2, 0) is 0 Å². The third-order valence-corrected chi connectivity index (χ3v) is 6.08. The van der Waals surface area contributed by atoms with Crippen molar-refractivity contribution in [2.24, 2.45) is 0 Å². The Bertz CT molecular complexity index is 1060. The van der Waals surface area contributed by atoms with Crippen LogP contribution in [0.3, 0.4) is 0 Å². The van der Waals surface area contributed by atoms with E-state index < -0.39 is 0 Å². The van der Waals surface area contributed by atoms with E-state index in [0.29, 0.717) is 17.8 Å². The Hall–Kier alpha value is -3.17. The van der Waals surface area contributed by atoms with Gasteiger partial charge in [0.1, 0.15) is 11.0 Å². The number of hydrogen-bond donors (Lipinski definition) is 3. The summed E-state index contributed by atoms with van der Waals surface area (Å²) in [5, 5.41) is 13.8. The molecule has 1 aromatic carbocycles. The molecule has 2 aliphatic heterocycles. The van der Waals surface area contributed by atoms with Crippen molar-refractivity contribution in [3.05, 3.63) is 42.2 Å². The molecule has 2 aliphatic rings. The van der Waals surface area contributed by atoms with Crippen molar-refractivity contribution < 1.29 is 4.79 Å². The zero-order valence-corrected chi connectivity index (χ0v) is 17.8. The highest BCUT2D eigenvalue weighted by atomic mass is 16.1. The summed E-state index contributed by atoms with van der Waals surface area (Å²) in [6.07, 6.45) is 1.83. The molecule has 5 rings (SSSR count). The number of nitrogens with one attached hydrogen (secondary N) is 3. The summed E-state index contributed by atoms with van der Waals surface area (Å²) in [6.45, 7) is 7.30. The molecular formula is C22H28N8O. The fourth-order valence-corrected chi connectivity index (χ4v) is 4.27. The van der Waals surface area contributed by atoms with Crippen LogP contribution in [0.25, 0.3) is 11.0 Å². The van der Waals surface area contributed by atoms with Crippen molar-refractivity contribution in [2.45, 2.75) is 0 Å². The number of pyridine rings is 1. The molecule has 3 aromatic rings. The predicted octanol–water partition coefficient (Wildman–Crippen LogP) is 1.50. The van der Waals surface area contributed by atoms with Gasteiger partial charge in [-0.3, -0.25) is 14.8 Å². The Balaban J connectivity index is 1.32. The molecule has 0 unspecified atom stereocenters. The fourth-order valence-electron chi connectivity index (χ4n) is 4.27. The van der Waals surface area contributed by atoms with Gasteiger partial charge in [-0.1, -0.05) is 18.2 Å². The van der Waals surface area contributed by atoms with E-state index in [1.807, 2.05) is 24.4 Å².